The summed E-state index contributed by atoms with van der Waals surface area (Å²) < 4.78 is 1.76. The van der Waals surface area contributed by atoms with E-state index in [-0.39, 0.29) is 11.5 Å². The Morgan fingerprint density at radius 1 is 1.67 bits per heavy atom. The van der Waals surface area contributed by atoms with Gasteiger partial charge < -0.3 is 5.73 Å². The number of rotatable bonds is 2. The fraction of sp³-hybridized carbons (Fsp3) is 0.750. The lowest BCUT2D eigenvalue weighted by molar-refractivity contribution is 0.417. The lowest BCUT2D eigenvalue weighted by Crippen LogP contribution is -2.23. The van der Waals surface area contributed by atoms with Gasteiger partial charge in [0.25, 0.3) is 0 Å². The SMILES string of the molecule is Cn1ncnc1C(N)C1(C)CC1. The van der Waals surface area contributed by atoms with E-state index in [9.17, 15) is 0 Å². The van der Waals surface area contributed by atoms with E-state index in [1.165, 1.54) is 12.8 Å². The molecule has 1 unspecified atom stereocenters. The van der Waals surface area contributed by atoms with Gasteiger partial charge in [0, 0.05) is 7.05 Å². The molecular weight excluding hydrogens is 152 g/mol. The largest absolute Gasteiger partial charge is 0.321 e. The van der Waals surface area contributed by atoms with Crippen molar-refractivity contribution in [3.63, 3.8) is 0 Å². The third-order valence-corrected chi connectivity index (χ3v) is 2.81. The van der Waals surface area contributed by atoms with Crippen LogP contribution >= 0.6 is 0 Å². The van der Waals surface area contributed by atoms with Gasteiger partial charge in [0.2, 0.25) is 0 Å². The highest BCUT2D eigenvalue weighted by Gasteiger charge is 2.45. The van der Waals surface area contributed by atoms with Gasteiger partial charge in [-0.25, -0.2) is 4.98 Å². The summed E-state index contributed by atoms with van der Waals surface area (Å²) in [5, 5.41) is 4.00. The van der Waals surface area contributed by atoms with E-state index in [0.29, 0.717) is 0 Å². The van der Waals surface area contributed by atoms with Crippen LogP contribution in [-0.2, 0) is 7.05 Å². The van der Waals surface area contributed by atoms with Gasteiger partial charge in [0.05, 0.1) is 6.04 Å². The van der Waals surface area contributed by atoms with Crippen molar-refractivity contribution in [3.05, 3.63) is 12.2 Å². The highest BCUT2D eigenvalue weighted by Crippen LogP contribution is 2.52. The Balaban J connectivity index is 2.25. The van der Waals surface area contributed by atoms with Crippen LogP contribution < -0.4 is 5.73 Å². The first-order chi connectivity index (χ1) is 5.63. The van der Waals surface area contributed by atoms with Crippen molar-refractivity contribution in [1.82, 2.24) is 14.8 Å². The first kappa shape index (κ1) is 7.73. The van der Waals surface area contributed by atoms with Crippen molar-refractivity contribution in [3.8, 4) is 0 Å². The minimum Gasteiger partial charge on any atom is -0.321 e. The maximum atomic E-state index is 6.06. The monoisotopic (exact) mass is 166 g/mol. The first-order valence-electron chi connectivity index (χ1n) is 4.23. The number of hydrogen-bond acceptors (Lipinski definition) is 3. The van der Waals surface area contributed by atoms with Gasteiger partial charge >= 0.3 is 0 Å². The van der Waals surface area contributed by atoms with E-state index in [2.05, 4.69) is 17.0 Å². The summed E-state index contributed by atoms with van der Waals surface area (Å²) >= 11 is 0. The fourth-order valence-corrected chi connectivity index (χ4v) is 1.41. The molecule has 0 aromatic carbocycles. The van der Waals surface area contributed by atoms with E-state index in [0.717, 1.165) is 5.82 Å². The van der Waals surface area contributed by atoms with Crippen LogP contribution in [0, 0.1) is 5.41 Å². The van der Waals surface area contributed by atoms with E-state index >= 15 is 0 Å². The van der Waals surface area contributed by atoms with Gasteiger partial charge in [0.15, 0.2) is 0 Å². The Hall–Kier alpha value is -0.900. The Bertz CT molecular complexity index is 287. The molecule has 0 saturated heterocycles. The molecule has 2 N–H and O–H groups in total. The molecule has 1 atom stereocenters. The molecule has 0 radical (unpaired) electrons. The van der Waals surface area contributed by atoms with E-state index in [4.69, 9.17) is 5.73 Å². The minimum atomic E-state index is 0.0463. The van der Waals surface area contributed by atoms with Crippen LogP contribution in [0.15, 0.2) is 6.33 Å². The number of aryl methyl sites for hydroxylation is 1. The molecule has 2 rings (SSSR count). The summed E-state index contributed by atoms with van der Waals surface area (Å²) in [4.78, 5) is 4.15. The molecule has 0 spiro atoms. The number of nitrogens with two attached hydrogens (primary N) is 1. The van der Waals surface area contributed by atoms with Crippen LogP contribution in [0.5, 0.6) is 0 Å². The van der Waals surface area contributed by atoms with Gasteiger partial charge in [-0.15, -0.1) is 0 Å². The molecule has 1 saturated carbocycles. The van der Waals surface area contributed by atoms with Crippen molar-refractivity contribution in [2.45, 2.75) is 25.8 Å². The highest BCUT2D eigenvalue weighted by molar-refractivity contribution is 5.06. The maximum Gasteiger partial charge on any atom is 0.144 e. The van der Waals surface area contributed by atoms with Crippen LogP contribution in [0.4, 0.5) is 0 Å². The zero-order valence-electron chi connectivity index (χ0n) is 7.49. The van der Waals surface area contributed by atoms with Crippen molar-refractivity contribution in [2.24, 2.45) is 18.2 Å². The summed E-state index contributed by atoms with van der Waals surface area (Å²) in [5.41, 5.74) is 6.34. The molecule has 1 fully saturated rings. The fourth-order valence-electron chi connectivity index (χ4n) is 1.41. The zero-order valence-corrected chi connectivity index (χ0v) is 7.49. The van der Waals surface area contributed by atoms with Crippen molar-refractivity contribution < 1.29 is 0 Å². The average Bonchev–Trinajstić information content (AvgIpc) is 2.63. The number of hydrogen-bond donors (Lipinski definition) is 1. The molecule has 1 aliphatic carbocycles. The third kappa shape index (κ3) is 1.03. The van der Waals surface area contributed by atoms with E-state index < -0.39 is 0 Å². The van der Waals surface area contributed by atoms with Gasteiger partial charge in [-0.05, 0) is 18.3 Å². The molecule has 4 heteroatoms. The van der Waals surface area contributed by atoms with Gasteiger partial charge in [-0.2, -0.15) is 5.10 Å². The third-order valence-electron chi connectivity index (χ3n) is 2.81. The molecule has 1 aromatic rings. The summed E-state index contributed by atoms with van der Waals surface area (Å²) in [7, 11) is 1.88. The predicted octanol–water partition coefficient (Wildman–Crippen LogP) is 0.615. The Kier molecular flexibility index (Phi) is 1.48. The normalized spacial score (nSPS) is 22.2. The average molecular weight is 166 g/mol. The van der Waals surface area contributed by atoms with Gasteiger partial charge in [-0.3, -0.25) is 4.68 Å². The maximum absolute atomic E-state index is 6.06. The molecule has 4 nitrogen and oxygen atoms in total. The van der Waals surface area contributed by atoms with Crippen LogP contribution in [0.1, 0.15) is 31.6 Å². The molecular formula is C8H14N4. The second kappa shape index (κ2) is 2.29. The quantitative estimate of drug-likeness (QED) is 0.700. The standard InChI is InChI=1S/C8H14N4/c1-8(3-4-8)6(9)7-10-5-11-12(7)2/h5-6H,3-4,9H2,1-2H3. The Morgan fingerprint density at radius 2 is 2.33 bits per heavy atom. The van der Waals surface area contributed by atoms with Crippen LogP contribution in [0.2, 0.25) is 0 Å². The van der Waals surface area contributed by atoms with Gasteiger partial charge in [-0.1, -0.05) is 6.92 Å². The van der Waals surface area contributed by atoms with Crippen molar-refractivity contribution in [1.29, 1.82) is 0 Å². The topological polar surface area (TPSA) is 56.7 Å². The highest BCUT2D eigenvalue weighted by atomic mass is 15.3. The molecule has 1 aromatic heterocycles. The van der Waals surface area contributed by atoms with E-state index in [1.54, 1.807) is 11.0 Å². The number of nitrogens with zero attached hydrogens (tertiary/aromatic N) is 3. The van der Waals surface area contributed by atoms with Crippen molar-refractivity contribution in [2.75, 3.05) is 0 Å². The summed E-state index contributed by atoms with van der Waals surface area (Å²) in [6, 6.07) is 0.0463. The molecule has 1 aliphatic rings. The smallest absolute Gasteiger partial charge is 0.144 e. The second-order valence-corrected chi connectivity index (χ2v) is 3.87. The molecule has 12 heavy (non-hydrogen) atoms. The van der Waals surface area contributed by atoms with Crippen LogP contribution in [0.25, 0.3) is 0 Å². The summed E-state index contributed by atoms with van der Waals surface area (Å²) in [6.45, 7) is 2.20. The van der Waals surface area contributed by atoms with Crippen LogP contribution in [-0.4, -0.2) is 14.8 Å². The Morgan fingerprint density at radius 3 is 2.75 bits per heavy atom. The summed E-state index contributed by atoms with van der Waals surface area (Å²) in [6.07, 6.45) is 3.98. The zero-order chi connectivity index (χ0) is 8.77. The predicted molar refractivity (Wildman–Crippen MR) is 45.3 cm³/mol. The van der Waals surface area contributed by atoms with E-state index in [1.807, 2.05) is 7.05 Å². The molecule has 66 valence electrons. The second-order valence-electron chi connectivity index (χ2n) is 3.87. The molecule has 1 heterocycles. The number of aromatic nitrogens is 3. The first-order valence-corrected chi connectivity index (χ1v) is 4.23. The molecule has 0 aliphatic heterocycles. The Labute approximate surface area is 71.8 Å². The lowest BCUT2D eigenvalue weighted by Gasteiger charge is -2.16. The van der Waals surface area contributed by atoms with Crippen molar-refractivity contribution >= 4 is 0 Å². The lowest BCUT2D eigenvalue weighted by atomic mass is 9.99. The van der Waals surface area contributed by atoms with Crippen LogP contribution in [0.3, 0.4) is 0 Å². The molecule has 0 amide bonds. The van der Waals surface area contributed by atoms with Gasteiger partial charge in [0.1, 0.15) is 12.2 Å². The summed E-state index contributed by atoms with van der Waals surface area (Å²) in [5.74, 6) is 0.898. The minimum absolute atomic E-state index is 0.0463. The molecule has 0 bridgehead atoms.